The van der Waals surface area contributed by atoms with Gasteiger partial charge in [-0.1, -0.05) is 41.9 Å². The van der Waals surface area contributed by atoms with Crippen molar-refractivity contribution >= 4 is 52.0 Å². The number of carboxylic acid groups (broad SMARTS) is 1. The fourth-order valence-electron chi connectivity index (χ4n) is 5.05. The summed E-state index contributed by atoms with van der Waals surface area (Å²) in [4.78, 5) is 38.8. The first-order valence-electron chi connectivity index (χ1n) is 12.1. The minimum absolute atomic E-state index is 0.336. The highest BCUT2D eigenvalue weighted by Gasteiger charge is 2.53. The number of anilines is 1. The van der Waals surface area contributed by atoms with Crippen LogP contribution in [0.3, 0.4) is 0 Å². The molecule has 3 heterocycles. The van der Waals surface area contributed by atoms with Gasteiger partial charge in [0.15, 0.2) is 3.55 Å². The summed E-state index contributed by atoms with van der Waals surface area (Å²) in [6.07, 6.45) is 8.04. The number of piperidine rings is 1. The topological polar surface area (TPSA) is 86.6 Å². The molecule has 5 rings (SSSR count). The molecule has 2 aliphatic rings. The van der Waals surface area contributed by atoms with Gasteiger partial charge in [-0.25, -0.2) is 14.8 Å². The second kappa shape index (κ2) is 10.3. The van der Waals surface area contributed by atoms with E-state index >= 15 is 0 Å². The van der Waals surface area contributed by atoms with Gasteiger partial charge in [-0.15, -0.1) is 0 Å². The highest BCUT2D eigenvalue weighted by atomic mass is 127. The van der Waals surface area contributed by atoms with E-state index < -0.39 is 15.6 Å². The van der Waals surface area contributed by atoms with E-state index in [0.29, 0.717) is 23.4 Å². The van der Waals surface area contributed by atoms with Crippen LogP contribution in [0.2, 0.25) is 5.02 Å². The summed E-state index contributed by atoms with van der Waals surface area (Å²) >= 11 is 8.33. The molecule has 0 spiro atoms. The molecule has 2 aromatic carbocycles. The normalized spacial score (nSPS) is 22.0. The van der Waals surface area contributed by atoms with E-state index in [1.807, 2.05) is 65.3 Å². The minimum Gasteiger partial charge on any atom is -0.479 e. The number of carboxylic acids is 1. The molecule has 2 atom stereocenters. The number of benzene rings is 2. The number of hydrogen-bond acceptors (Lipinski definition) is 5. The Morgan fingerprint density at radius 1 is 0.972 bits per heavy atom. The lowest BCUT2D eigenvalue weighted by molar-refractivity contribution is -0.142. The third kappa shape index (κ3) is 4.68. The third-order valence-electron chi connectivity index (χ3n) is 7.00. The van der Waals surface area contributed by atoms with Crippen molar-refractivity contribution in [3.63, 3.8) is 0 Å². The maximum absolute atomic E-state index is 13.7. The average Bonchev–Trinajstić information content (AvgIpc) is 3.27. The fraction of sp³-hybridized carbons (Fsp3) is 0.333. The first-order chi connectivity index (χ1) is 17.4. The van der Waals surface area contributed by atoms with Crippen molar-refractivity contribution in [1.29, 1.82) is 0 Å². The van der Waals surface area contributed by atoms with E-state index in [1.165, 1.54) is 11.3 Å². The Kier molecular flexibility index (Phi) is 7.16. The maximum Gasteiger partial charge on any atom is 0.340 e. The van der Waals surface area contributed by atoms with Gasteiger partial charge in [0.1, 0.15) is 0 Å². The summed E-state index contributed by atoms with van der Waals surface area (Å²) in [6.45, 7) is 1.97. The van der Waals surface area contributed by atoms with Gasteiger partial charge < -0.3 is 14.9 Å². The molecule has 36 heavy (non-hydrogen) atoms. The van der Waals surface area contributed by atoms with Crippen molar-refractivity contribution in [3.8, 4) is 11.1 Å². The van der Waals surface area contributed by atoms with Crippen molar-refractivity contribution in [2.45, 2.75) is 41.7 Å². The second-order valence-corrected chi connectivity index (χ2v) is 11.4. The fourth-order valence-corrected chi connectivity index (χ4v) is 6.18. The van der Waals surface area contributed by atoms with E-state index in [2.05, 4.69) is 14.9 Å². The number of aromatic nitrogens is 2. The SMILES string of the molecule is O=C(c1ccc(-c2cnc(N3CCCCC3)nc2)cc1)N1[C@@H](c2ccccc2Cl)CC[C@]1(I)C(=O)O. The molecule has 2 aliphatic heterocycles. The summed E-state index contributed by atoms with van der Waals surface area (Å²) < 4.78 is -1.35. The van der Waals surface area contributed by atoms with Crippen molar-refractivity contribution < 1.29 is 14.7 Å². The van der Waals surface area contributed by atoms with Gasteiger partial charge in [0.05, 0.1) is 6.04 Å². The number of alkyl halides is 1. The molecule has 1 amide bonds. The second-order valence-electron chi connectivity index (χ2n) is 9.21. The maximum atomic E-state index is 13.7. The van der Waals surface area contributed by atoms with Crippen molar-refractivity contribution in [2.24, 2.45) is 0 Å². The molecular weight excluding hydrogens is 591 g/mol. The van der Waals surface area contributed by atoms with E-state index in [0.717, 1.165) is 48.6 Å². The van der Waals surface area contributed by atoms with Crippen LogP contribution >= 0.6 is 34.2 Å². The van der Waals surface area contributed by atoms with Crippen molar-refractivity contribution in [2.75, 3.05) is 18.0 Å². The zero-order valence-corrected chi connectivity index (χ0v) is 22.5. The van der Waals surface area contributed by atoms with Gasteiger partial charge in [-0.05, 0) is 84.0 Å². The predicted octanol–water partition coefficient (Wildman–Crippen LogP) is 5.98. The predicted molar refractivity (Wildman–Crippen MR) is 148 cm³/mol. The van der Waals surface area contributed by atoms with E-state index in [-0.39, 0.29) is 5.91 Å². The Bertz CT molecular complexity index is 1260. The van der Waals surface area contributed by atoms with Gasteiger partial charge in [0.25, 0.3) is 5.91 Å². The van der Waals surface area contributed by atoms with Crippen LogP contribution in [0.1, 0.15) is 54.1 Å². The summed E-state index contributed by atoms with van der Waals surface area (Å²) in [7, 11) is 0. The van der Waals surface area contributed by atoms with Crippen LogP contribution < -0.4 is 4.90 Å². The number of nitrogens with zero attached hydrogens (tertiary/aromatic N) is 4. The Hall–Kier alpha value is -2.72. The first-order valence-corrected chi connectivity index (χ1v) is 13.5. The minimum atomic E-state index is -1.35. The number of carbonyl (C=O) groups excluding carboxylic acids is 1. The average molecular weight is 617 g/mol. The highest BCUT2D eigenvalue weighted by Crippen LogP contribution is 2.49. The Balaban J connectivity index is 1.40. The molecule has 0 unspecified atom stereocenters. The number of rotatable bonds is 5. The van der Waals surface area contributed by atoms with E-state index in [4.69, 9.17) is 11.6 Å². The molecule has 2 saturated heterocycles. The number of amides is 1. The number of hydrogen-bond donors (Lipinski definition) is 1. The van der Waals surface area contributed by atoms with Gasteiger partial charge in [-0.3, -0.25) is 4.79 Å². The number of aliphatic carboxylic acids is 1. The molecule has 7 nitrogen and oxygen atoms in total. The zero-order valence-electron chi connectivity index (χ0n) is 19.6. The highest BCUT2D eigenvalue weighted by molar-refractivity contribution is 14.1. The van der Waals surface area contributed by atoms with Crippen LogP contribution in [0.25, 0.3) is 11.1 Å². The van der Waals surface area contributed by atoms with Gasteiger partial charge >= 0.3 is 5.97 Å². The molecule has 0 bridgehead atoms. The monoisotopic (exact) mass is 616 g/mol. The Morgan fingerprint density at radius 2 is 1.64 bits per heavy atom. The number of halogens is 2. The van der Waals surface area contributed by atoms with Crippen LogP contribution in [0.15, 0.2) is 60.9 Å². The standard InChI is InChI=1S/C27H26ClIN4O3/c28-22-7-3-2-6-21(22)23-12-13-27(29,25(35)36)33(23)24(34)19-10-8-18(9-11-19)20-16-30-26(31-17-20)32-14-4-1-5-15-32/h2-3,6-11,16-17,23H,1,4-5,12-15H2,(H,35,36)/t23-,27-/m1/s1. The van der Waals surface area contributed by atoms with Gasteiger partial charge in [0, 0.05) is 41.6 Å². The van der Waals surface area contributed by atoms with Gasteiger partial charge in [-0.2, -0.15) is 0 Å². The van der Waals surface area contributed by atoms with Crippen LogP contribution in [-0.4, -0.2) is 48.5 Å². The number of carbonyl (C=O) groups is 2. The van der Waals surface area contributed by atoms with Crippen LogP contribution in [0, 0.1) is 0 Å². The Morgan fingerprint density at radius 3 is 2.28 bits per heavy atom. The molecule has 9 heteroatoms. The van der Waals surface area contributed by atoms with E-state index in [1.54, 1.807) is 18.2 Å². The molecule has 1 aromatic heterocycles. The smallest absolute Gasteiger partial charge is 0.340 e. The molecule has 0 radical (unpaired) electrons. The van der Waals surface area contributed by atoms with Crippen molar-refractivity contribution in [1.82, 2.24) is 14.9 Å². The molecule has 186 valence electrons. The molecule has 2 fully saturated rings. The van der Waals surface area contributed by atoms with Gasteiger partial charge in [0.2, 0.25) is 5.95 Å². The summed E-state index contributed by atoms with van der Waals surface area (Å²) in [5.74, 6) is -0.622. The zero-order chi connectivity index (χ0) is 25.3. The molecular formula is C27H26ClIN4O3. The molecule has 0 saturated carbocycles. The van der Waals surface area contributed by atoms with Crippen LogP contribution in [-0.2, 0) is 4.79 Å². The third-order valence-corrected chi connectivity index (χ3v) is 8.86. The Labute approximate surface area is 228 Å². The number of likely N-dealkylation sites (tertiary alicyclic amines) is 1. The lowest BCUT2D eigenvalue weighted by Crippen LogP contribution is -2.49. The van der Waals surface area contributed by atoms with Crippen molar-refractivity contribution in [3.05, 3.63) is 77.1 Å². The van der Waals surface area contributed by atoms with Crippen LogP contribution in [0.4, 0.5) is 5.95 Å². The van der Waals surface area contributed by atoms with Crippen LogP contribution in [0.5, 0.6) is 0 Å². The first kappa shape index (κ1) is 25.0. The molecule has 3 aromatic rings. The summed E-state index contributed by atoms with van der Waals surface area (Å²) in [5.41, 5.74) is 2.93. The summed E-state index contributed by atoms with van der Waals surface area (Å²) in [6, 6.07) is 14.0. The lowest BCUT2D eigenvalue weighted by Gasteiger charge is -2.34. The summed E-state index contributed by atoms with van der Waals surface area (Å²) in [5, 5.41) is 10.6. The molecule has 1 N–H and O–H groups in total. The quantitative estimate of drug-likeness (QED) is 0.216. The molecule has 0 aliphatic carbocycles. The largest absolute Gasteiger partial charge is 0.479 e. The van der Waals surface area contributed by atoms with E-state index in [9.17, 15) is 14.7 Å². The lowest BCUT2D eigenvalue weighted by atomic mass is 10.0.